The molecule has 1 amide bonds. The van der Waals surface area contributed by atoms with Crippen LogP contribution in [0.3, 0.4) is 0 Å². The van der Waals surface area contributed by atoms with Crippen molar-refractivity contribution < 1.29 is 9.53 Å². The quantitative estimate of drug-likeness (QED) is 0.690. The third-order valence-electron chi connectivity index (χ3n) is 4.25. The van der Waals surface area contributed by atoms with Crippen LogP contribution in [-0.2, 0) is 4.74 Å². The van der Waals surface area contributed by atoms with Gasteiger partial charge in [0.05, 0.1) is 6.20 Å². The topological polar surface area (TPSA) is 93.0 Å². The molecule has 0 unspecified atom stereocenters. The third-order valence-corrected chi connectivity index (χ3v) is 4.25. The second-order valence-corrected chi connectivity index (χ2v) is 5.65. The fourth-order valence-electron chi connectivity index (χ4n) is 3.14. The molecule has 0 bridgehead atoms. The monoisotopic (exact) mass is 320 g/mol. The normalized spacial score (nSPS) is 12.5. The number of nitrogen functional groups attached to an aromatic ring is 1. The summed E-state index contributed by atoms with van der Waals surface area (Å²) in [6.07, 6.45) is 0.890. The number of hydrogen-bond acceptors (Lipinski definition) is 4. The number of amides is 1. The molecule has 0 spiro atoms. The highest BCUT2D eigenvalue weighted by atomic mass is 16.5. The third kappa shape index (κ3) is 2.38. The lowest BCUT2D eigenvalue weighted by atomic mass is 9.98. The Bertz CT molecular complexity index is 858. The number of nitrogens with two attached hydrogens (primary N) is 1. The number of hydrogen-bond donors (Lipinski definition) is 3. The molecule has 4 rings (SSSR count). The van der Waals surface area contributed by atoms with Crippen LogP contribution in [0.15, 0.2) is 54.7 Å². The SMILES string of the molecule is Nc1[nH]ncc1NC(=O)OCC1c2ccccc2-c2ccccc21. The lowest BCUT2D eigenvalue weighted by Gasteiger charge is -2.14. The Hall–Kier alpha value is -3.28. The maximum atomic E-state index is 12.0. The standard InChI is InChI=1S/C18H16N4O2/c19-17-16(9-20-22-17)21-18(23)24-10-15-13-7-3-1-5-11(13)12-6-2-4-8-14(12)15/h1-9,15H,10H2,(H,21,23)(H3,19,20,22). The van der Waals surface area contributed by atoms with Crippen molar-refractivity contribution in [1.82, 2.24) is 10.2 Å². The highest BCUT2D eigenvalue weighted by molar-refractivity contribution is 5.88. The summed E-state index contributed by atoms with van der Waals surface area (Å²) in [6.45, 7) is 0.262. The highest BCUT2D eigenvalue weighted by Crippen LogP contribution is 2.44. The molecule has 6 heteroatoms. The van der Waals surface area contributed by atoms with Crippen molar-refractivity contribution in [2.75, 3.05) is 17.7 Å². The number of nitrogens with one attached hydrogen (secondary N) is 2. The molecule has 1 heterocycles. The number of carbonyl (C=O) groups is 1. The summed E-state index contributed by atoms with van der Waals surface area (Å²) in [7, 11) is 0. The summed E-state index contributed by atoms with van der Waals surface area (Å²) < 4.78 is 5.42. The minimum Gasteiger partial charge on any atom is -0.448 e. The van der Waals surface area contributed by atoms with E-state index in [0.29, 0.717) is 11.5 Å². The van der Waals surface area contributed by atoms with Gasteiger partial charge < -0.3 is 10.5 Å². The number of ether oxygens (including phenoxy) is 1. The number of carbonyl (C=O) groups excluding carboxylic acids is 1. The van der Waals surface area contributed by atoms with Crippen LogP contribution in [0.2, 0.25) is 0 Å². The molecule has 1 aliphatic carbocycles. The lowest BCUT2D eigenvalue weighted by Crippen LogP contribution is -2.18. The maximum Gasteiger partial charge on any atom is 0.411 e. The first kappa shape index (κ1) is 14.3. The van der Waals surface area contributed by atoms with Crippen LogP contribution in [0.1, 0.15) is 17.0 Å². The maximum absolute atomic E-state index is 12.0. The summed E-state index contributed by atoms with van der Waals surface area (Å²) in [5, 5.41) is 8.89. The van der Waals surface area contributed by atoms with E-state index in [1.54, 1.807) is 0 Å². The number of aromatic nitrogens is 2. The predicted molar refractivity (Wildman–Crippen MR) is 91.7 cm³/mol. The molecule has 0 saturated heterocycles. The molecule has 0 atom stereocenters. The molecular weight excluding hydrogens is 304 g/mol. The molecule has 1 aromatic heterocycles. The molecule has 3 aromatic rings. The van der Waals surface area contributed by atoms with Crippen molar-refractivity contribution in [3.63, 3.8) is 0 Å². The Morgan fingerprint density at radius 2 is 1.75 bits per heavy atom. The first-order valence-electron chi connectivity index (χ1n) is 7.65. The molecule has 1 aliphatic rings. The van der Waals surface area contributed by atoms with Crippen molar-refractivity contribution in [3.05, 3.63) is 65.9 Å². The van der Waals surface area contributed by atoms with Gasteiger partial charge in [-0.15, -0.1) is 0 Å². The van der Waals surface area contributed by atoms with E-state index in [1.165, 1.54) is 28.5 Å². The van der Waals surface area contributed by atoms with E-state index in [-0.39, 0.29) is 12.5 Å². The van der Waals surface area contributed by atoms with Crippen molar-refractivity contribution in [1.29, 1.82) is 0 Å². The van der Waals surface area contributed by atoms with E-state index in [9.17, 15) is 4.79 Å². The van der Waals surface area contributed by atoms with Gasteiger partial charge in [-0.1, -0.05) is 48.5 Å². The fourth-order valence-corrected chi connectivity index (χ4v) is 3.14. The van der Waals surface area contributed by atoms with Gasteiger partial charge in [-0.25, -0.2) is 4.79 Å². The van der Waals surface area contributed by atoms with Gasteiger partial charge in [-0.05, 0) is 22.3 Å². The van der Waals surface area contributed by atoms with Gasteiger partial charge in [-0.2, -0.15) is 5.10 Å². The molecule has 0 aliphatic heterocycles. The fraction of sp³-hybridized carbons (Fsp3) is 0.111. The van der Waals surface area contributed by atoms with E-state index in [2.05, 4.69) is 39.8 Å². The molecule has 0 fully saturated rings. The molecule has 2 aromatic carbocycles. The average Bonchev–Trinajstić information content (AvgIpc) is 3.15. The van der Waals surface area contributed by atoms with E-state index >= 15 is 0 Å². The van der Waals surface area contributed by atoms with Crippen molar-refractivity contribution in [2.24, 2.45) is 0 Å². The highest BCUT2D eigenvalue weighted by Gasteiger charge is 2.29. The molecular formula is C18H16N4O2. The van der Waals surface area contributed by atoms with E-state index < -0.39 is 6.09 Å². The molecule has 4 N–H and O–H groups in total. The van der Waals surface area contributed by atoms with Crippen LogP contribution in [0.5, 0.6) is 0 Å². The Kier molecular flexibility index (Phi) is 3.42. The zero-order valence-corrected chi connectivity index (χ0v) is 12.8. The predicted octanol–water partition coefficient (Wildman–Crippen LogP) is 3.35. The number of H-pyrrole nitrogens is 1. The Balaban J connectivity index is 1.52. The number of aromatic amines is 1. The van der Waals surface area contributed by atoms with Crippen LogP contribution < -0.4 is 11.1 Å². The lowest BCUT2D eigenvalue weighted by molar-refractivity contribution is 0.158. The number of benzene rings is 2. The zero-order chi connectivity index (χ0) is 16.5. The average molecular weight is 320 g/mol. The van der Waals surface area contributed by atoms with Crippen molar-refractivity contribution in [3.8, 4) is 11.1 Å². The molecule has 0 radical (unpaired) electrons. The zero-order valence-electron chi connectivity index (χ0n) is 12.8. The first-order valence-corrected chi connectivity index (χ1v) is 7.65. The largest absolute Gasteiger partial charge is 0.448 e. The van der Waals surface area contributed by atoms with Crippen LogP contribution in [0.25, 0.3) is 11.1 Å². The number of anilines is 2. The van der Waals surface area contributed by atoms with Gasteiger partial charge >= 0.3 is 6.09 Å². The molecule has 0 saturated carbocycles. The van der Waals surface area contributed by atoms with E-state index in [0.717, 1.165) is 0 Å². The smallest absolute Gasteiger partial charge is 0.411 e. The van der Waals surface area contributed by atoms with Crippen LogP contribution in [-0.4, -0.2) is 22.9 Å². The molecule has 24 heavy (non-hydrogen) atoms. The second kappa shape index (κ2) is 5.73. The summed E-state index contributed by atoms with van der Waals surface area (Å²) in [6, 6.07) is 16.4. The van der Waals surface area contributed by atoms with Crippen molar-refractivity contribution in [2.45, 2.75) is 5.92 Å². The Morgan fingerprint density at radius 3 is 2.33 bits per heavy atom. The molecule has 6 nitrogen and oxygen atoms in total. The van der Waals surface area contributed by atoms with Gasteiger partial charge in [0.25, 0.3) is 0 Å². The van der Waals surface area contributed by atoms with Gasteiger partial charge in [0.15, 0.2) is 0 Å². The summed E-state index contributed by atoms with van der Waals surface area (Å²) in [5.74, 6) is 0.327. The number of fused-ring (bicyclic) bond motifs is 3. The number of rotatable bonds is 3. The number of nitrogens with zero attached hydrogens (tertiary/aromatic N) is 1. The van der Waals surface area contributed by atoms with Crippen LogP contribution in [0, 0.1) is 0 Å². The van der Waals surface area contributed by atoms with Crippen LogP contribution in [0.4, 0.5) is 16.3 Å². The van der Waals surface area contributed by atoms with Crippen LogP contribution >= 0.6 is 0 Å². The summed E-state index contributed by atoms with van der Waals surface area (Å²) >= 11 is 0. The van der Waals surface area contributed by atoms with Gasteiger partial charge in [-0.3, -0.25) is 10.4 Å². The van der Waals surface area contributed by atoms with Gasteiger partial charge in [0, 0.05) is 5.92 Å². The van der Waals surface area contributed by atoms with Crippen molar-refractivity contribution >= 4 is 17.6 Å². The first-order chi connectivity index (χ1) is 11.7. The second-order valence-electron chi connectivity index (χ2n) is 5.65. The minimum absolute atomic E-state index is 0.0323. The summed E-state index contributed by atoms with van der Waals surface area (Å²) in [5.41, 5.74) is 10.8. The van der Waals surface area contributed by atoms with E-state index in [1.807, 2.05) is 24.3 Å². The summed E-state index contributed by atoms with van der Waals surface area (Å²) in [4.78, 5) is 12.0. The van der Waals surface area contributed by atoms with E-state index in [4.69, 9.17) is 10.5 Å². The molecule has 120 valence electrons. The Morgan fingerprint density at radius 1 is 1.12 bits per heavy atom. The van der Waals surface area contributed by atoms with Gasteiger partial charge in [0.1, 0.15) is 18.1 Å². The Labute approximate surface area is 138 Å². The minimum atomic E-state index is -0.551. The van der Waals surface area contributed by atoms with Gasteiger partial charge in [0.2, 0.25) is 0 Å².